The normalized spacial score (nSPS) is 10.5. The Labute approximate surface area is 108 Å². The highest BCUT2D eigenvalue weighted by molar-refractivity contribution is 9.10. The predicted octanol–water partition coefficient (Wildman–Crippen LogP) is 2.41. The van der Waals surface area contributed by atoms with Crippen LogP contribution in [0.15, 0.2) is 10.7 Å². The first-order valence-corrected chi connectivity index (χ1v) is 5.34. The molecule has 98 valence electrons. The van der Waals surface area contributed by atoms with Crippen LogP contribution in [0.1, 0.15) is 17.7 Å². The second-order valence-corrected chi connectivity index (χ2v) is 3.93. The van der Waals surface area contributed by atoms with E-state index in [1.54, 1.807) is 0 Å². The Hall–Kier alpha value is -1.64. The average molecular weight is 325 g/mol. The monoisotopic (exact) mass is 324 g/mol. The van der Waals surface area contributed by atoms with Gasteiger partial charge in [0.1, 0.15) is 4.47 Å². The van der Waals surface area contributed by atoms with Crippen LogP contribution >= 0.6 is 15.9 Å². The maximum Gasteiger partial charge on any atom is 0.311 e. The third-order valence-electron chi connectivity index (χ3n) is 2.04. The highest BCUT2D eigenvalue weighted by Crippen LogP contribution is 2.35. The zero-order valence-electron chi connectivity index (χ0n) is 9.02. The Kier molecular flexibility index (Phi) is 4.65. The molecule has 0 aromatic carbocycles. The van der Waals surface area contributed by atoms with E-state index in [2.05, 4.69) is 25.7 Å². The lowest BCUT2D eigenvalue weighted by Crippen LogP contribution is -2.08. The number of pyridine rings is 1. The van der Waals surface area contributed by atoms with Crippen LogP contribution in [-0.4, -0.2) is 23.0 Å². The molecule has 0 bridgehead atoms. The van der Waals surface area contributed by atoms with Gasteiger partial charge in [0, 0.05) is 11.8 Å². The number of esters is 1. The van der Waals surface area contributed by atoms with Crippen molar-refractivity contribution < 1.29 is 23.2 Å². The van der Waals surface area contributed by atoms with Gasteiger partial charge in [0.05, 0.1) is 18.5 Å². The molecular weight excluding hydrogens is 318 g/mol. The van der Waals surface area contributed by atoms with E-state index in [4.69, 9.17) is 0 Å². The number of carbonyl (C=O) groups is 1. The summed E-state index contributed by atoms with van der Waals surface area (Å²) in [5.74, 6) is -0.656. The number of ether oxygens (including phenoxy) is 1. The van der Waals surface area contributed by atoms with E-state index in [1.807, 2.05) is 0 Å². The molecule has 0 unspecified atom stereocenters. The molecule has 0 amide bonds. The summed E-state index contributed by atoms with van der Waals surface area (Å²) >= 11 is 2.84. The summed E-state index contributed by atoms with van der Waals surface area (Å²) in [6.45, 7) is 0. The Morgan fingerprint density at radius 1 is 1.67 bits per heavy atom. The standard InChI is InChI=1S/C9H7BrF2N2O4/c1-18-5(15)2-4-3-13-7(9(11)12)8(6(4)10)14(16)17/h3,9H,2H2,1H3. The van der Waals surface area contributed by atoms with Crippen molar-refractivity contribution in [1.29, 1.82) is 0 Å². The van der Waals surface area contributed by atoms with Crippen LogP contribution in [0.3, 0.4) is 0 Å². The first-order chi connectivity index (χ1) is 8.38. The minimum absolute atomic E-state index is 0.109. The fourth-order valence-corrected chi connectivity index (χ4v) is 1.80. The zero-order valence-corrected chi connectivity index (χ0v) is 10.6. The molecule has 0 N–H and O–H groups in total. The van der Waals surface area contributed by atoms with Crippen LogP contribution in [-0.2, 0) is 16.0 Å². The molecule has 0 saturated heterocycles. The van der Waals surface area contributed by atoms with Gasteiger partial charge in [0.25, 0.3) is 6.43 Å². The van der Waals surface area contributed by atoms with E-state index in [1.165, 1.54) is 0 Å². The molecule has 1 aromatic rings. The molecular formula is C9H7BrF2N2O4. The lowest BCUT2D eigenvalue weighted by Gasteiger charge is -2.07. The van der Waals surface area contributed by atoms with Crippen molar-refractivity contribution in [3.8, 4) is 0 Å². The van der Waals surface area contributed by atoms with Gasteiger partial charge in [-0.25, -0.2) is 13.8 Å². The topological polar surface area (TPSA) is 82.3 Å². The van der Waals surface area contributed by atoms with Gasteiger partial charge in [-0.2, -0.15) is 0 Å². The summed E-state index contributed by atoms with van der Waals surface area (Å²) in [6.07, 6.45) is -2.39. The summed E-state index contributed by atoms with van der Waals surface area (Å²) in [4.78, 5) is 24.1. The van der Waals surface area contributed by atoms with E-state index < -0.39 is 28.7 Å². The lowest BCUT2D eigenvalue weighted by molar-refractivity contribution is -0.387. The molecule has 0 fully saturated rings. The third kappa shape index (κ3) is 2.97. The predicted molar refractivity (Wildman–Crippen MR) is 59.3 cm³/mol. The van der Waals surface area contributed by atoms with Gasteiger partial charge in [-0.1, -0.05) is 0 Å². The highest BCUT2D eigenvalue weighted by Gasteiger charge is 2.29. The lowest BCUT2D eigenvalue weighted by atomic mass is 10.1. The van der Waals surface area contributed by atoms with Crippen molar-refractivity contribution in [3.05, 3.63) is 32.0 Å². The minimum Gasteiger partial charge on any atom is -0.469 e. The largest absolute Gasteiger partial charge is 0.469 e. The number of carbonyl (C=O) groups excluding carboxylic acids is 1. The maximum atomic E-state index is 12.5. The molecule has 0 atom stereocenters. The SMILES string of the molecule is COC(=O)Cc1cnc(C(F)F)c([N+](=O)[O-])c1Br. The molecule has 6 nitrogen and oxygen atoms in total. The summed E-state index contributed by atoms with van der Waals surface area (Å²) in [7, 11) is 1.14. The quantitative estimate of drug-likeness (QED) is 0.482. The molecule has 1 heterocycles. The highest BCUT2D eigenvalue weighted by atomic mass is 79.9. The number of methoxy groups -OCH3 is 1. The van der Waals surface area contributed by atoms with Gasteiger partial charge in [-0.3, -0.25) is 14.9 Å². The maximum absolute atomic E-state index is 12.5. The van der Waals surface area contributed by atoms with Gasteiger partial charge in [-0.05, 0) is 15.9 Å². The van der Waals surface area contributed by atoms with E-state index >= 15 is 0 Å². The van der Waals surface area contributed by atoms with Crippen molar-refractivity contribution in [2.24, 2.45) is 0 Å². The number of rotatable bonds is 4. The van der Waals surface area contributed by atoms with Gasteiger partial charge >= 0.3 is 11.7 Å². The van der Waals surface area contributed by atoms with E-state index in [0.717, 1.165) is 13.3 Å². The number of hydrogen-bond acceptors (Lipinski definition) is 5. The molecule has 0 radical (unpaired) electrons. The molecule has 1 aromatic heterocycles. The first-order valence-electron chi connectivity index (χ1n) is 4.55. The number of nitrogens with zero attached hydrogens (tertiary/aromatic N) is 2. The number of halogens is 3. The minimum atomic E-state index is -3.08. The first kappa shape index (κ1) is 14.4. The molecule has 9 heteroatoms. The molecule has 18 heavy (non-hydrogen) atoms. The Bertz CT molecular complexity index is 496. The van der Waals surface area contributed by atoms with E-state index in [0.29, 0.717) is 0 Å². The van der Waals surface area contributed by atoms with Crippen LogP contribution in [0.2, 0.25) is 0 Å². The molecule has 0 saturated carbocycles. The van der Waals surface area contributed by atoms with Crippen LogP contribution in [0.25, 0.3) is 0 Å². The van der Waals surface area contributed by atoms with Crippen molar-refractivity contribution in [2.75, 3.05) is 7.11 Å². The van der Waals surface area contributed by atoms with Gasteiger partial charge in [0.15, 0.2) is 5.69 Å². The number of hydrogen-bond donors (Lipinski definition) is 0. The number of nitro groups is 1. The second-order valence-electron chi connectivity index (χ2n) is 3.14. The van der Waals surface area contributed by atoms with Gasteiger partial charge in [0.2, 0.25) is 0 Å². The smallest absolute Gasteiger partial charge is 0.311 e. The van der Waals surface area contributed by atoms with E-state index in [-0.39, 0.29) is 16.5 Å². The van der Waals surface area contributed by atoms with Crippen LogP contribution in [0, 0.1) is 10.1 Å². The van der Waals surface area contributed by atoms with Crippen molar-refractivity contribution in [3.63, 3.8) is 0 Å². The van der Waals surface area contributed by atoms with Crippen molar-refractivity contribution in [1.82, 2.24) is 4.98 Å². The average Bonchev–Trinajstić information content (AvgIpc) is 2.30. The molecule has 0 aliphatic heterocycles. The Balaban J connectivity index is 3.30. The number of aromatic nitrogens is 1. The Morgan fingerprint density at radius 3 is 2.72 bits per heavy atom. The molecule has 1 rings (SSSR count). The van der Waals surface area contributed by atoms with Gasteiger partial charge < -0.3 is 4.74 Å². The summed E-state index contributed by atoms with van der Waals surface area (Å²) in [5, 5.41) is 10.7. The molecule has 0 spiro atoms. The number of alkyl halides is 2. The zero-order chi connectivity index (χ0) is 13.9. The summed E-state index contributed by atoms with van der Waals surface area (Å²) < 4.78 is 29.3. The van der Waals surface area contributed by atoms with Gasteiger partial charge in [-0.15, -0.1) is 0 Å². The van der Waals surface area contributed by atoms with Crippen LogP contribution < -0.4 is 0 Å². The van der Waals surface area contributed by atoms with Crippen LogP contribution in [0.4, 0.5) is 14.5 Å². The summed E-state index contributed by atoms with van der Waals surface area (Å²) in [6, 6.07) is 0. The Morgan fingerprint density at radius 2 is 2.28 bits per heavy atom. The summed E-state index contributed by atoms with van der Waals surface area (Å²) in [5.41, 5.74) is -1.68. The fourth-order valence-electron chi connectivity index (χ4n) is 1.21. The molecule has 0 aliphatic rings. The van der Waals surface area contributed by atoms with E-state index in [9.17, 15) is 23.7 Å². The third-order valence-corrected chi connectivity index (χ3v) is 2.93. The molecule has 0 aliphatic carbocycles. The van der Waals surface area contributed by atoms with Crippen molar-refractivity contribution >= 4 is 27.6 Å². The second kappa shape index (κ2) is 5.80. The van der Waals surface area contributed by atoms with Crippen molar-refractivity contribution in [2.45, 2.75) is 12.8 Å². The fraction of sp³-hybridized carbons (Fsp3) is 0.333. The van der Waals surface area contributed by atoms with Crippen LogP contribution in [0.5, 0.6) is 0 Å².